The number of β-lactam (4-membered cyclic amide) rings is 1. The highest BCUT2D eigenvalue weighted by molar-refractivity contribution is 6.24. The SMILES string of the molecule is CC[C@]1(C(=O)Nc2cccc3cccnc23)C(=O)N(c2cccc3cccnc23)[C@@H]1C. The van der Waals surface area contributed by atoms with Gasteiger partial charge in [-0.15, -0.1) is 0 Å². The van der Waals surface area contributed by atoms with Crippen molar-refractivity contribution in [3.05, 3.63) is 73.1 Å². The summed E-state index contributed by atoms with van der Waals surface area (Å²) >= 11 is 0. The molecule has 1 aliphatic rings. The number of anilines is 2. The van der Waals surface area contributed by atoms with Crippen LogP contribution in [-0.4, -0.2) is 27.8 Å². The fourth-order valence-electron chi connectivity index (χ4n) is 4.66. The maximum absolute atomic E-state index is 13.5. The fraction of sp³-hybridized carbons (Fsp3) is 0.200. The van der Waals surface area contributed by atoms with Crippen LogP contribution in [-0.2, 0) is 9.59 Å². The van der Waals surface area contributed by atoms with Crippen molar-refractivity contribution in [3.8, 4) is 0 Å². The van der Waals surface area contributed by atoms with Gasteiger partial charge in [-0.05, 0) is 37.6 Å². The number of fused-ring (bicyclic) bond motifs is 2. The Labute approximate surface area is 179 Å². The van der Waals surface area contributed by atoms with Crippen LogP contribution in [0.3, 0.4) is 0 Å². The lowest BCUT2D eigenvalue weighted by Crippen LogP contribution is -2.72. The second-order valence-corrected chi connectivity index (χ2v) is 7.86. The first-order valence-corrected chi connectivity index (χ1v) is 10.4. The Morgan fingerprint density at radius 2 is 1.58 bits per heavy atom. The lowest BCUT2D eigenvalue weighted by atomic mass is 9.68. The third-order valence-electron chi connectivity index (χ3n) is 6.42. The maximum atomic E-state index is 13.5. The Kier molecular flexibility index (Phi) is 4.43. The van der Waals surface area contributed by atoms with Crippen molar-refractivity contribution in [2.24, 2.45) is 5.41 Å². The second kappa shape index (κ2) is 7.16. The summed E-state index contributed by atoms with van der Waals surface area (Å²) in [4.78, 5) is 37.5. The zero-order chi connectivity index (χ0) is 21.6. The summed E-state index contributed by atoms with van der Waals surface area (Å²) in [5.41, 5.74) is 1.68. The molecule has 2 amide bonds. The zero-order valence-electron chi connectivity index (χ0n) is 17.4. The molecule has 0 radical (unpaired) electrons. The third kappa shape index (κ3) is 2.71. The van der Waals surface area contributed by atoms with Crippen LogP contribution in [0.1, 0.15) is 20.3 Å². The first-order chi connectivity index (χ1) is 15.1. The van der Waals surface area contributed by atoms with Crippen molar-refractivity contribution in [1.29, 1.82) is 0 Å². The smallest absolute Gasteiger partial charge is 0.245 e. The molecule has 31 heavy (non-hydrogen) atoms. The summed E-state index contributed by atoms with van der Waals surface area (Å²) in [5.74, 6) is -0.499. The maximum Gasteiger partial charge on any atom is 0.245 e. The number of pyridine rings is 2. The summed E-state index contributed by atoms with van der Waals surface area (Å²) < 4.78 is 0. The average molecular weight is 410 g/mol. The highest BCUT2D eigenvalue weighted by Crippen LogP contribution is 2.47. The molecule has 2 aromatic heterocycles. The van der Waals surface area contributed by atoms with Gasteiger partial charge in [-0.2, -0.15) is 0 Å². The van der Waals surface area contributed by atoms with Crippen molar-refractivity contribution < 1.29 is 9.59 Å². The van der Waals surface area contributed by atoms with E-state index < -0.39 is 5.41 Å². The number of aromatic nitrogens is 2. The monoisotopic (exact) mass is 410 g/mol. The van der Waals surface area contributed by atoms with E-state index in [1.54, 1.807) is 17.3 Å². The van der Waals surface area contributed by atoms with E-state index >= 15 is 0 Å². The fourth-order valence-corrected chi connectivity index (χ4v) is 4.66. The van der Waals surface area contributed by atoms with Gasteiger partial charge in [-0.25, -0.2) is 0 Å². The van der Waals surface area contributed by atoms with Gasteiger partial charge in [0.1, 0.15) is 5.41 Å². The van der Waals surface area contributed by atoms with E-state index in [2.05, 4.69) is 15.3 Å². The lowest BCUT2D eigenvalue weighted by Gasteiger charge is -2.53. The van der Waals surface area contributed by atoms with Gasteiger partial charge in [0.25, 0.3) is 0 Å². The number of rotatable bonds is 4. The minimum absolute atomic E-state index is 0.202. The molecule has 3 heterocycles. The van der Waals surface area contributed by atoms with Crippen molar-refractivity contribution in [3.63, 3.8) is 0 Å². The van der Waals surface area contributed by atoms with Crippen LogP contribution >= 0.6 is 0 Å². The molecule has 1 aliphatic heterocycles. The summed E-state index contributed by atoms with van der Waals surface area (Å²) in [6.07, 6.45) is 3.82. The van der Waals surface area contributed by atoms with Gasteiger partial charge in [0.05, 0.1) is 28.5 Å². The van der Waals surface area contributed by atoms with E-state index in [1.807, 2.05) is 74.5 Å². The number of amides is 2. The number of hydrogen-bond acceptors (Lipinski definition) is 4. The van der Waals surface area contributed by atoms with E-state index in [0.717, 1.165) is 22.0 Å². The normalized spacial score (nSPS) is 20.6. The second-order valence-electron chi connectivity index (χ2n) is 7.86. The van der Waals surface area contributed by atoms with Crippen LogP contribution in [0.25, 0.3) is 21.8 Å². The number of carbonyl (C=O) groups excluding carboxylic acids is 2. The van der Waals surface area contributed by atoms with Crippen LogP contribution < -0.4 is 10.2 Å². The van der Waals surface area contributed by atoms with Gasteiger partial charge in [-0.1, -0.05) is 43.3 Å². The van der Waals surface area contributed by atoms with Crippen molar-refractivity contribution in [1.82, 2.24) is 9.97 Å². The largest absolute Gasteiger partial charge is 0.323 e. The van der Waals surface area contributed by atoms with E-state index in [9.17, 15) is 9.59 Å². The molecular formula is C25H22N4O2. The Hall–Kier alpha value is -3.80. The molecule has 6 heteroatoms. The Bertz CT molecular complexity index is 1310. The minimum Gasteiger partial charge on any atom is -0.323 e. The Morgan fingerprint density at radius 1 is 0.968 bits per heavy atom. The van der Waals surface area contributed by atoms with Gasteiger partial charge in [0.2, 0.25) is 11.8 Å². The lowest BCUT2D eigenvalue weighted by molar-refractivity contribution is -0.149. The molecule has 1 saturated heterocycles. The summed E-state index contributed by atoms with van der Waals surface area (Å²) in [6.45, 7) is 3.81. The minimum atomic E-state index is -1.13. The molecule has 0 spiro atoms. The van der Waals surface area contributed by atoms with Crippen LogP contribution in [0, 0.1) is 5.41 Å². The highest BCUT2D eigenvalue weighted by atomic mass is 16.2. The van der Waals surface area contributed by atoms with Crippen LogP contribution in [0.15, 0.2) is 73.1 Å². The standard InChI is InChI=1S/C25H22N4O2/c1-3-25(23(30)28-19-12-4-8-17-10-6-14-26-21(17)19)16(2)29(24(25)31)20-13-5-9-18-11-7-15-27-22(18)20/h4-16H,3H2,1-2H3,(H,28,30)/t16-,25+/m1/s1. The summed E-state index contributed by atoms with van der Waals surface area (Å²) in [5, 5.41) is 4.88. The predicted molar refractivity (Wildman–Crippen MR) is 122 cm³/mol. The molecule has 0 bridgehead atoms. The topological polar surface area (TPSA) is 75.2 Å². The van der Waals surface area contributed by atoms with E-state index in [1.165, 1.54) is 0 Å². The van der Waals surface area contributed by atoms with E-state index in [-0.39, 0.29) is 17.9 Å². The van der Waals surface area contributed by atoms with Gasteiger partial charge in [0.15, 0.2) is 0 Å². The molecule has 4 aromatic rings. The molecule has 1 N–H and O–H groups in total. The van der Waals surface area contributed by atoms with Crippen molar-refractivity contribution >= 4 is 45.0 Å². The highest BCUT2D eigenvalue weighted by Gasteiger charge is 2.63. The molecule has 0 saturated carbocycles. The van der Waals surface area contributed by atoms with Crippen LogP contribution in [0.2, 0.25) is 0 Å². The number of carbonyl (C=O) groups is 2. The Balaban J connectivity index is 1.50. The summed E-state index contributed by atoms with van der Waals surface area (Å²) in [7, 11) is 0. The van der Waals surface area contributed by atoms with Crippen molar-refractivity contribution in [2.45, 2.75) is 26.3 Å². The average Bonchev–Trinajstić information content (AvgIpc) is 2.80. The zero-order valence-corrected chi connectivity index (χ0v) is 17.4. The van der Waals surface area contributed by atoms with Gasteiger partial charge >= 0.3 is 0 Å². The first kappa shape index (κ1) is 19.2. The van der Waals surface area contributed by atoms with Gasteiger partial charge in [-0.3, -0.25) is 19.6 Å². The number of hydrogen-bond donors (Lipinski definition) is 1. The van der Waals surface area contributed by atoms with Crippen LogP contribution in [0.5, 0.6) is 0 Å². The number of nitrogens with one attached hydrogen (secondary N) is 1. The molecular weight excluding hydrogens is 388 g/mol. The quantitative estimate of drug-likeness (QED) is 0.396. The van der Waals surface area contributed by atoms with Crippen molar-refractivity contribution in [2.75, 3.05) is 10.2 Å². The molecule has 1 fully saturated rings. The van der Waals surface area contributed by atoms with E-state index in [4.69, 9.17) is 0 Å². The molecule has 5 rings (SSSR count). The molecule has 2 aromatic carbocycles. The predicted octanol–water partition coefficient (Wildman–Crippen LogP) is 4.55. The number of para-hydroxylation sites is 2. The molecule has 0 aliphatic carbocycles. The van der Waals surface area contributed by atoms with E-state index in [0.29, 0.717) is 17.6 Å². The number of nitrogens with zero attached hydrogens (tertiary/aromatic N) is 3. The Morgan fingerprint density at radius 3 is 2.26 bits per heavy atom. The first-order valence-electron chi connectivity index (χ1n) is 10.4. The molecule has 6 nitrogen and oxygen atoms in total. The van der Waals surface area contributed by atoms with Crippen LogP contribution in [0.4, 0.5) is 11.4 Å². The van der Waals surface area contributed by atoms with Gasteiger partial charge in [0, 0.05) is 23.2 Å². The van der Waals surface area contributed by atoms with Gasteiger partial charge < -0.3 is 10.2 Å². The third-order valence-corrected chi connectivity index (χ3v) is 6.42. The molecule has 0 unspecified atom stereocenters. The number of benzene rings is 2. The molecule has 2 atom stereocenters. The molecule has 154 valence electrons. The summed E-state index contributed by atoms with van der Waals surface area (Å²) in [6, 6.07) is 18.7.